The molecule has 0 radical (unpaired) electrons. The van der Waals surface area contributed by atoms with Crippen LogP contribution in [0.25, 0.3) is 0 Å². The van der Waals surface area contributed by atoms with Gasteiger partial charge in [-0.05, 0) is 19.3 Å². The van der Waals surface area contributed by atoms with Gasteiger partial charge in [-0.15, -0.1) is 0 Å². The van der Waals surface area contributed by atoms with E-state index >= 15 is 0 Å². The smallest absolute Gasteiger partial charge is 0.150 e. The van der Waals surface area contributed by atoms with Crippen LogP contribution >= 0.6 is 0 Å². The van der Waals surface area contributed by atoms with Crippen LogP contribution in [0.3, 0.4) is 0 Å². The molecule has 0 atom stereocenters. The molecule has 0 unspecified atom stereocenters. The van der Waals surface area contributed by atoms with Crippen LogP contribution < -0.4 is 5.32 Å². The molecule has 22 heavy (non-hydrogen) atoms. The van der Waals surface area contributed by atoms with Gasteiger partial charge in [0.15, 0.2) is 5.76 Å². The first-order valence-electron chi connectivity index (χ1n) is 8.44. The van der Waals surface area contributed by atoms with Crippen molar-refractivity contribution in [3.05, 3.63) is 35.0 Å². The molecule has 2 aromatic heterocycles. The fourth-order valence-electron chi connectivity index (χ4n) is 3.34. The maximum atomic E-state index is 5.31. The molecular formula is C17H26N4O. The predicted molar refractivity (Wildman–Crippen MR) is 85.5 cm³/mol. The number of aryl methyl sites for hydroxylation is 2. The molecule has 3 rings (SSSR count). The lowest BCUT2D eigenvalue weighted by Gasteiger charge is -2.21. The van der Waals surface area contributed by atoms with Crippen LogP contribution in [0.2, 0.25) is 0 Å². The first kappa shape index (κ1) is 15.3. The third-order valence-electron chi connectivity index (χ3n) is 4.51. The van der Waals surface area contributed by atoms with E-state index in [0.717, 1.165) is 24.4 Å². The molecule has 0 amide bonds. The zero-order chi connectivity index (χ0) is 15.4. The lowest BCUT2D eigenvalue weighted by atomic mass is 9.85. The standard InChI is InChI=1S/C17H26N4O/c1-3-15-9-16(22-20-15)11-18-10-14-12-21(2)19-17(14)13-7-5-4-6-8-13/h9,12-13,18H,3-8,10-11H2,1-2H3. The van der Waals surface area contributed by atoms with Crippen LogP contribution in [0.4, 0.5) is 0 Å². The van der Waals surface area contributed by atoms with E-state index in [1.807, 2.05) is 17.8 Å². The molecule has 1 fully saturated rings. The highest BCUT2D eigenvalue weighted by atomic mass is 16.5. The van der Waals surface area contributed by atoms with Crippen LogP contribution in [0.5, 0.6) is 0 Å². The third kappa shape index (κ3) is 3.58. The normalized spacial score (nSPS) is 16.3. The lowest BCUT2D eigenvalue weighted by molar-refractivity contribution is 0.367. The second-order valence-corrected chi connectivity index (χ2v) is 6.29. The molecule has 1 aliphatic carbocycles. The summed E-state index contributed by atoms with van der Waals surface area (Å²) in [6.45, 7) is 3.63. The molecule has 5 heteroatoms. The number of nitrogens with one attached hydrogen (secondary N) is 1. The van der Waals surface area contributed by atoms with Crippen LogP contribution in [0.1, 0.15) is 67.7 Å². The van der Waals surface area contributed by atoms with Crippen LogP contribution in [-0.2, 0) is 26.6 Å². The van der Waals surface area contributed by atoms with Crippen LogP contribution in [0, 0.1) is 0 Å². The van der Waals surface area contributed by atoms with E-state index in [2.05, 4.69) is 23.6 Å². The first-order chi connectivity index (χ1) is 10.8. The summed E-state index contributed by atoms with van der Waals surface area (Å²) in [5, 5.41) is 12.2. The highest BCUT2D eigenvalue weighted by Crippen LogP contribution is 2.33. The Balaban J connectivity index is 1.59. The van der Waals surface area contributed by atoms with Gasteiger partial charge in [0.25, 0.3) is 0 Å². The molecule has 5 nitrogen and oxygen atoms in total. The first-order valence-corrected chi connectivity index (χ1v) is 8.44. The lowest BCUT2D eigenvalue weighted by Crippen LogP contribution is -2.15. The Hall–Kier alpha value is -1.62. The Morgan fingerprint density at radius 3 is 2.82 bits per heavy atom. The van der Waals surface area contributed by atoms with Gasteiger partial charge < -0.3 is 9.84 Å². The van der Waals surface area contributed by atoms with Crippen molar-refractivity contribution in [2.24, 2.45) is 7.05 Å². The fourth-order valence-corrected chi connectivity index (χ4v) is 3.34. The van der Waals surface area contributed by atoms with Crippen molar-refractivity contribution >= 4 is 0 Å². The molecule has 1 aliphatic rings. The van der Waals surface area contributed by atoms with Gasteiger partial charge in [0, 0.05) is 37.3 Å². The largest absolute Gasteiger partial charge is 0.360 e. The summed E-state index contributed by atoms with van der Waals surface area (Å²) in [6.07, 6.45) is 9.69. The average Bonchev–Trinajstić information content (AvgIpc) is 3.15. The minimum Gasteiger partial charge on any atom is -0.360 e. The van der Waals surface area contributed by atoms with E-state index < -0.39 is 0 Å². The summed E-state index contributed by atoms with van der Waals surface area (Å²) in [4.78, 5) is 0. The van der Waals surface area contributed by atoms with Crippen molar-refractivity contribution in [2.45, 2.75) is 64.5 Å². The second-order valence-electron chi connectivity index (χ2n) is 6.29. The van der Waals surface area contributed by atoms with Crippen LogP contribution in [-0.4, -0.2) is 14.9 Å². The van der Waals surface area contributed by atoms with E-state index in [4.69, 9.17) is 9.62 Å². The summed E-state index contributed by atoms with van der Waals surface area (Å²) >= 11 is 0. The Kier molecular flexibility index (Phi) is 4.93. The maximum absolute atomic E-state index is 5.31. The van der Waals surface area contributed by atoms with Gasteiger partial charge in [-0.25, -0.2) is 0 Å². The quantitative estimate of drug-likeness (QED) is 0.889. The van der Waals surface area contributed by atoms with E-state index in [9.17, 15) is 0 Å². The van der Waals surface area contributed by atoms with Crippen molar-refractivity contribution in [3.8, 4) is 0 Å². The average molecular weight is 302 g/mol. The maximum Gasteiger partial charge on any atom is 0.150 e. The molecule has 1 N–H and O–H groups in total. The SMILES string of the molecule is CCc1cc(CNCc2cn(C)nc2C2CCCCC2)on1. The summed E-state index contributed by atoms with van der Waals surface area (Å²) in [5.41, 5.74) is 3.63. The van der Waals surface area contributed by atoms with E-state index in [1.54, 1.807) is 0 Å². The molecule has 0 spiro atoms. The molecular weight excluding hydrogens is 276 g/mol. The number of rotatable bonds is 6. The molecule has 0 aliphatic heterocycles. The molecule has 120 valence electrons. The molecule has 2 aromatic rings. The number of hydrogen-bond acceptors (Lipinski definition) is 4. The monoisotopic (exact) mass is 302 g/mol. The van der Waals surface area contributed by atoms with Gasteiger partial charge in [0.05, 0.1) is 17.9 Å². The van der Waals surface area contributed by atoms with Crippen molar-refractivity contribution in [2.75, 3.05) is 0 Å². The summed E-state index contributed by atoms with van der Waals surface area (Å²) in [5.74, 6) is 1.55. The van der Waals surface area contributed by atoms with Gasteiger partial charge in [0.2, 0.25) is 0 Å². The molecule has 0 aromatic carbocycles. The Morgan fingerprint density at radius 1 is 1.27 bits per heavy atom. The number of aromatic nitrogens is 3. The Labute approximate surface area is 132 Å². The molecule has 1 saturated carbocycles. The minimum atomic E-state index is 0.642. The molecule has 2 heterocycles. The van der Waals surface area contributed by atoms with Crippen molar-refractivity contribution < 1.29 is 4.52 Å². The Bertz CT molecular complexity index is 596. The highest BCUT2D eigenvalue weighted by molar-refractivity contribution is 5.21. The topological polar surface area (TPSA) is 55.9 Å². The van der Waals surface area contributed by atoms with Crippen molar-refractivity contribution in [1.82, 2.24) is 20.3 Å². The Morgan fingerprint density at radius 2 is 2.09 bits per heavy atom. The summed E-state index contributed by atoms with van der Waals surface area (Å²) in [6, 6.07) is 2.03. The van der Waals surface area contributed by atoms with Crippen molar-refractivity contribution in [3.63, 3.8) is 0 Å². The van der Waals surface area contributed by atoms with Crippen LogP contribution in [0.15, 0.2) is 16.8 Å². The predicted octanol–water partition coefficient (Wildman–Crippen LogP) is 3.31. The van der Waals surface area contributed by atoms with Crippen molar-refractivity contribution in [1.29, 1.82) is 0 Å². The fraction of sp³-hybridized carbons (Fsp3) is 0.647. The van der Waals surface area contributed by atoms with Gasteiger partial charge >= 0.3 is 0 Å². The summed E-state index contributed by atoms with van der Waals surface area (Å²) in [7, 11) is 2.01. The van der Waals surface area contributed by atoms with E-state index in [1.165, 1.54) is 43.4 Å². The van der Waals surface area contributed by atoms with Gasteiger partial charge in [-0.1, -0.05) is 31.3 Å². The van der Waals surface area contributed by atoms with E-state index in [0.29, 0.717) is 12.5 Å². The zero-order valence-corrected chi connectivity index (χ0v) is 13.6. The minimum absolute atomic E-state index is 0.642. The number of hydrogen-bond donors (Lipinski definition) is 1. The second kappa shape index (κ2) is 7.09. The van der Waals surface area contributed by atoms with Gasteiger partial charge in [0.1, 0.15) is 0 Å². The summed E-state index contributed by atoms with van der Waals surface area (Å²) < 4.78 is 7.26. The van der Waals surface area contributed by atoms with Gasteiger partial charge in [-0.2, -0.15) is 5.10 Å². The number of nitrogens with zero attached hydrogens (tertiary/aromatic N) is 3. The zero-order valence-electron chi connectivity index (χ0n) is 13.6. The third-order valence-corrected chi connectivity index (χ3v) is 4.51. The van der Waals surface area contributed by atoms with Gasteiger partial charge in [-0.3, -0.25) is 4.68 Å². The highest BCUT2D eigenvalue weighted by Gasteiger charge is 2.21. The molecule has 0 bridgehead atoms. The molecule has 0 saturated heterocycles. The van der Waals surface area contributed by atoms with E-state index in [-0.39, 0.29) is 0 Å².